The van der Waals surface area contributed by atoms with E-state index in [1.165, 1.54) is 0 Å². The summed E-state index contributed by atoms with van der Waals surface area (Å²) in [6.07, 6.45) is -1.28. The molecule has 0 heterocycles. The van der Waals surface area contributed by atoms with Gasteiger partial charge in [0.05, 0.1) is 13.2 Å². The van der Waals surface area contributed by atoms with Crippen LogP contribution in [-0.4, -0.2) is 30.3 Å². The molecule has 110 valence electrons. The number of rotatable bonds is 6. The van der Waals surface area contributed by atoms with Crippen molar-refractivity contribution in [2.24, 2.45) is 5.92 Å². The number of ether oxygens (including phenoxy) is 2. The van der Waals surface area contributed by atoms with Gasteiger partial charge in [0, 0.05) is 0 Å². The minimum Gasteiger partial charge on any atom is -0.465 e. The summed E-state index contributed by atoms with van der Waals surface area (Å²) in [5.41, 5.74) is 1.49. The van der Waals surface area contributed by atoms with Crippen molar-refractivity contribution in [2.45, 2.75) is 26.9 Å². The number of aliphatic hydroxyl groups is 1. The van der Waals surface area contributed by atoms with E-state index in [0.717, 1.165) is 5.56 Å². The highest BCUT2D eigenvalue weighted by atomic mass is 16.6. The summed E-state index contributed by atoms with van der Waals surface area (Å²) < 4.78 is 9.68. The van der Waals surface area contributed by atoms with Crippen LogP contribution in [-0.2, 0) is 19.1 Å². The molecule has 1 atom stereocenters. The Morgan fingerprint density at radius 3 is 1.90 bits per heavy atom. The monoisotopic (exact) mass is 280 g/mol. The van der Waals surface area contributed by atoms with Crippen molar-refractivity contribution in [1.29, 1.82) is 0 Å². The fourth-order valence-electron chi connectivity index (χ4n) is 1.77. The molecule has 0 aliphatic carbocycles. The summed E-state index contributed by atoms with van der Waals surface area (Å²) in [7, 11) is 0. The van der Waals surface area contributed by atoms with Crippen molar-refractivity contribution in [3.8, 4) is 0 Å². The fraction of sp³-hybridized carbons (Fsp3) is 0.467. The Morgan fingerprint density at radius 1 is 1.05 bits per heavy atom. The molecule has 0 saturated heterocycles. The standard InChI is InChI=1S/C15H20O5/c1-4-19-14(17)12(15(18)20-5-2)13(16)11-8-6-10(3)7-9-11/h6-9,12-13,16H,4-5H2,1-3H3. The third-order valence-corrected chi connectivity index (χ3v) is 2.82. The number of hydrogen-bond acceptors (Lipinski definition) is 5. The average Bonchev–Trinajstić information content (AvgIpc) is 2.40. The number of carbonyl (C=O) groups excluding carboxylic acids is 2. The number of aryl methyl sites for hydroxylation is 1. The molecule has 5 heteroatoms. The van der Waals surface area contributed by atoms with Gasteiger partial charge in [0.1, 0.15) is 6.10 Å². The zero-order chi connectivity index (χ0) is 15.1. The number of aliphatic hydroxyl groups excluding tert-OH is 1. The van der Waals surface area contributed by atoms with E-state index in [1.807, 2.05) is 6.92 Å². The summed E-state index contributed by atoms with van der Waals surface area (Å²) in [5, 5.41) is 10.3. The molecule has 1 unspecified atom stereocenters. The van der Waals surface area contributed by atoms with E-state index in [1.54, 1.807) is 38.1 Å². The highest BCUT2D eigenvalue weighted by Crippen LogP contribution is 2.25. The molecule has 0 amide bonds. The van der Waals surface area contributed by atoms with Crippen LogP contribution < -0.4 is 0 Å². The molecule has 1 aromatic rings. The predicted octanol–water partition coefficient (Wildman–Crippen LogP) is 1.77. The summed E-state index contributed by atoms with van der Waals surface area (Å²) in [5.74, 6) is -2.92. The molecule has 0 saturated carbocycles. The molecule has 20 heavy (non-hydrogen) atoms. The number of hydrogen-bond donors (Lipinski definition) is 1. The normalized spacial score (nSPS) is 12.1. The van der Waals surface area contributed by atoms with Gasteiger partial charge >= 0.3 is 11.9 Å². The van der Waals surface area contributed by atoms with Gasteiger partial charge < -0.3 is 14.6 Å². The number of carbonyl (C=O) groups is 2. The van der Waals surface area contributed by atoms with E-state index >= 15 is 0 Å². The molecule has 0 aliphatic rings. The highest BCUT2D eigenvalue weighted by Gasteiger charge is 2.37. The lowest BCUT2D eigenvalue weighted by atomic mass is 9.95. The number of esters is 2. The molecule has 0 aliphatic heterocycles. The first-order valence-electron chi connectivity index (χ1n) is 6.59. The Hall–Kier alpha value is -1.88. The first-order chi connectivity index (χ1) is 9.51. The molecule has 1 aromatic carbocycles. The summed E-state index contributed by atoms with van der Waals surface area (Å²) >= 11 is 0. The van der Waals surface area contributed by atoms with Gasteiger partial charge in [0.25, 0.3) is 0 Å². The van der Waals surface area contributed by atoms with Gasteiger partial charge in [-0.2, -0.15) is 0 Å². The largest absolute Gasteiger partial charge is 0.465 e. The first kappa shape index (κ1) is 16.2. The summed E-state index contributed by atoms with van der Waals surface area (Å²) in [6, 6.07) is 6.94. The van der Waals surface area contributed by atoms with Gasteiger partial charge in [-0.15, -0.1) is 0 Å². The molecule has 0 aromatic heterocycles. The van der Waals surface area contributed by atoms with E-state index in [-0.39, 0.29) is 13.2 Å². The molecule has 0 bridgehead atoms. The maximum absolute atomic E-state index is 11.9. The molecule has 0 fully saturated rings. The second-order valence-electron chi connectivity index (χ2n) is 4.34. The van der Waals surface area contributed by atoms with Crippen molar-refractivity contribution in [2.75, 3.05) is 13.2 Å². The van der Waals surface area contributed by atoms with Gasteiger partial charge in [0.15, 0.2) is 5.92 Å². The van der Waals surface area contributed by atoms with Crippen LogP contribution in [0, 0.1) is 12.8 Å². The Bertz CT molecular complexity index is 434. The Balaban J connectivity index is 2.99. The first-order valence-corrected chi connectivity index (χ1v) is 6.59. The van der Waals surface area contributed by atoms with Crippen molar-refractivity contribution in [1.82, 2.24) is 0 Å². The van der Waals surface area contributed by atoms with Crippen LogP contribution in [0.25, 0.3) is 0 Å². The van der Waals surface area contributed by atoms with Crippen LogP contribution >= 0.6 is 0 Å². The maximum Gasteiger partial charge on any atom is 0.323 e. The molecule has 1 rings (SSSR count). The van der Waals surface area contributed by atoms with Gasteiger partial charge in [-0.25, -0.2) is 0 Å². The Labute approximate surface area is 118 Å². The lowest BCUT2D eigenvalue weighted by Crippen LogP contribution is -2.33. The lowest BCUT2D eigenvalue weighted by Gasteiger charge is -2.20. The second-order valence-corrected chi connectivity index (χ2v) is 4.34. The summed E-state index contributed by atoms with van der Waals surface area (Å²) in [6.45, 7) is 5.45. The van der Waals surface area contributed by atoms with Gasteiger partial charge in [-0.1, -0.05) is 29.8 Å². The second kappa shape index (κ2) is 7.65. The van der Waals surface area contributed by atoms with Crippen LogP contribution in [0.1, 0.15) is 31.1 Å². The van der Waals surface area contributed by atoms with E-state index in [2.05, 4.69) is 0 Å². The van der Waals surface area contributed by atoms with Crippen molar-refractivity contribution in [3.63, 3.8) is 0 Å². The molecule has 0 radical (unpaired) electrons. The quantitative estimate of drug-likeness (QED) is 0.635. The van der Waals surface area contributed by atoms with Crippen LogP contribution in [0.4, 0.5) is 0 Å². The van der Waals surface area contributed by atoms with E-state index in [0.29, 0.717) is 5.56 Å². The van der Waals surface area contributed by atoms with Crippen molar-refractivity contribution < 1.29 is 24.2 Å². The van der Waals surface area contributed by atoms with Crippen molar-refractivity contribution >= 4 is 11.9 Å². The minimum atomic E-state index is -1.36. The number of benzene rings is 1. The maximum atomic E-state index is 11.9. The molecule has 1 N–H and O–H groups in total. The van der Waals surface area contributed by atoms with E-state index in [9.17, 15) is 14.7 Å². The Morgan fingerprint density at radius 2 is 1.50 bits per heavy atom. The van der Waals surface area contributed by atoms with Gasteiger partial charge in [-0.05, 0) is 26.3 Å². The van der Waals surface area contributed by atoms with Crippen LogP contribution in [0.3, 0.4) is 0 Å². The van der Waals surface area contributed by atoms with Crippen LogP contribution in [0.2, 0.25) is 0 Å². The van der Waals surface area contributed by atoms with E-state index < -0.39 is 24.0 Å². The third-order valence-electron chi connectivity index (χ3n) is 2.82. The highest BCUT2D eigenvalue weighted by molar-refractivity contribution is 5.95. The van der Waals surface area contributed by atoms with Gasteiger partial charge in [0.2, 0.25) is 0 Å². The minimum absolute atomic E-state index is 0.134. The summed E-state index contributed by atoms with van der Waals surface area (Å²) in [4.78, 5) is 23.7. The molecule has 5 nitrogen and oxygen atoms in total. The molecule has 0 spiro atoms. The van der Waals surface area contributed by atoms with Crippen LogP contribution in [0.15, 0.2) is 24.3 Å². The van der Waals surface area contributed by atoms with Crippen LogP contribution in [0.5, 0.6) is 0 Å². The van der Waals surface area contributed by atoms with Gasteiger partial charge in [-0.3, -0.25) is 9.59 Å². The topological polar surface area (TPSA) is 72.8 Å². The fourth-order valence-corrected chi connectivity index (χ4v) is 1.77. The Kier molecular flexibility index (Phi) is 6.18. The zero-order valence-corrected chi connectivity index (χ0v) is 12.0. The molecular formula is C15H20O5. The average molecular weight is 280 g/mol. The molecular weight excluding hydrogens is 260 g/mol. The smallest absolute Gasteiger partial charge is 0.323 e. The lowest BCUT2D eigenvalue weighted by molar-refractivity contribution is -0.167. The SMILES string of the molecule is CCOC(=O)C(C(=O)OCC)C(O)c1ccc(C)cc1. The predicted molar refractivity (Wildman–Crippen MR) is 72.9 cm³/mol. The van der Waals surface area contributed by atoms with E-state index in [4.69, 9.17) is 9.47 Å². The van der Waals surface area contributed by atoms with Crippen molar-refractivity contribution in [3.05, 3.63) is 35.4 Å². The zero-order valence-electron chi connectivity index (χ0n) is 12.0. The third kappa shape index (κ3) is 4.06.